The zero-order valence-electron chi connectivity index (χ0n) is 17.9. The van der Waals surface area contributed by atoms with Gasteiger partial charge in [0.1, 0.15) is 30.2 Å². The molecule has 5 atom stereocenters. The number of rotatable bonds is 7. The number of aliphatic hydroxyl groups is 3. The number of aliphatic hydroxyl groups excluding tert-OH is 3. The van der Waals surface area contributed by atoms with Crippen molar-refractivity contribution in [3.8, 4) is 11.8 Å². The zero-order chi connectivity index (χ0) is 23.1. The summed E-state index contributed by atoms with van der Waals surface area (Å²) in [5, 5.41) is 38.6. The largest absolute Gasteiger partial charge is 0.465 e. The summed E-state index contributed by atoms with van der Waals surface area (Å²) in [6, 6.07) is 7.90. The van der Waals surface area contributed by atoms with Crippen molar-refractivity contribution in [2.75, 3.05) is 19.4 Å². The first kappa shape index (κ1) is 28.1. The van der Waals surface area contributed by atoms with Gasteiger partial charge in [-0.05, 0) is 24.3 Å². The van der Waals surface area contributed by atoms with Gasteiger partial charge in [0.2, 0.25) is 6.29 Å². The molecule has 1 heterocycles. The number of nitrogens with one attached hydrogen (secondary N) is 1. The highest BCUT2D eigenvalue weighted by atomic mass is 32.2. The Morgan fingerprint density at radius 1 is 1.13 bits per heavy atom. The molecule has 170 valence electrons. The predicted molar refractivity (Wildman–Crippen MR) is 114 cm³/mol. The highest BCUT2D eigenvalue weighted by molar-refractivity contribution is 7.97. The summed E-state index contributed by atoms with van der Waals surface area (Å²) in [6.45, 7) is 8.14. The van der Waals surface area contributed by atoms with Crippen LogP contribution in [0.4, 0.5) is 0 Å². The molecule has 1 aliphatic heterocycles. The molecule has 2 rings (SSSR count). The van der Waals surface area contributed by atoms with Crippen molar-refractivity contribution in [1.82, 2.24) is 4.72 Å². The molecule has 0 aliphatic carbocycles. The van der Waals surface area contributed by atoms with Gasteiger partial charge in [-0.25, -0.2) is 4.79 Å². The molecule has 0 radical (unpaired) electrons. The lowest BCUT2D eigenvalue weighted by atomic mass is 9.99. The first-order valence-corrected chi connectivity index (χ1v) is 10.7. The summed E-state index contributed by atoms with van der Waals surface area (Å²) < 4.78 is 18.5. The van der Waals surface area contributed by atoms with Crippen LogP contribution in [0.5, 0.6) is 5.75 Å². The number of carbonyl (C=O) groups excluding carboxylic acids is 1. The van der Waals surface area contributed by atoms with Crippen LogP contribution in [0, 0.1) is 11.3 Å². The van der Waals surface area contributed by atoms with Gasteiger partial charge >= 0.3 is 5.97 Å². The standard InChI is InChI=1S/C16H20N2O7S.2C2H6/c1-23-15(22)9-2-4-10(5-3-9)24-16-14(21)13(20)12(19)11(25-16)8-18-26-7-6-17;2*1-2/h2-5,11-14,16,18-21H,7-8H2,1H3;2*1-2H3/t11?,12-,13?,14?,16+;;/m1../s1. The molecule has 0 saturated carbocycles. The molecule has 1 aromatic rings. The Morgan fingerprint density at radius 3 is 2.27 bits per heavy atom. The Morgan fingerprint density at radius 2 is 1.73 bits per heavy atom. The second-order valence-corrected chi connectivity index (χ2v) is 6.31. The highest BCUT2D eigenvalue weighted by Crippen LogP contribution is 2.24. The summed E-state index contributed by atoms with van der Waals surface area (Å²) in [5.41, 5.74) is 0.331. The topological polar surface area (TPSA) is 141 Å². The van der Waals surface area contributed by atoms with Gasteiger partial charge in [-0.3, -0.25) is 4.72 Å². The van der Waals surface area contributed by atoms with E-state index in [0.29, 0.717) is 11.3 Å². The van der Waals surface area contributed by atoms with Crippen LogP contribution in [-0.2, 0) is 9.47 Å². The van der Waals surface area contributed by atoms with Crippen LogP contribution in [0.15, 0.2) is 24.3 Å². The van der Waals surface area contributed by atoms with Crippen molar-refractivity contribution < 1.29 is 34.3 Å². The minimum Gasteiger partial charge on any atom is -0.465 e. The Balaban J connectivity index is 0.00000198. The molecule has 0 spiro atoms. The second kappa shape index (κ2) is 15.9. The van der Waals surface area contributed by atoms with Crippen molar-refractivity contribution in [1.29, 1.82) is 5.26 Å². The lowest BCUT2D eigenvalue weighted by molar-refractivity contribution is -0.270. The minimum atomic E-state index is -1.46. The van der Waals surface area contributed by atoms with Crippen LogP contribution in [-0.4, -0.2) is 71.4 Å². The average molecular weight is 445 g/mol. The number of hydrogen-bond acceptors (Lipinski definition) is 10. The molecule has 3 unspecified atom stereocenters. The van der Waals surface area contributed by atoms with E-state index in [2.05, 4.69) is 9.46 Å². The first-order valence-electron chi connectivity index (χ1n) is 9.74. The molecule has 1 saturated heterocycles. The molecule has 10 heteroatoms. The van der Waals surface area contributed by atoms with Gasteiger partial charge in [0, 0.05) is 6.54 Å². The number of carbonyl (C=O) groups is 1. The molecule has 1 fully saturated rings. The van der Waals surface area contributed by atoms with E-state index in [1.807, 2.05) is 33.8 Å². The van der Waals surface area contributed by atoms with Gasteiger partial charge in [0.15, 0.2) is 0 Å². The molecule has 9 nitrogen and oxygen atoms in total. The number of nitrogens with zero attached hydrogens (tertiary/aromatic N) is 1. The maximum absolute atomic E-state index is 11.4. The van der Waals surface area contributed by atoms with Crippen LogP contribution >= 0.6 is 11.9 Å². The minimum absolute atomic E-state index is 0.137. The summed E-state index contributed by atoms with van der Waals surface area (Å²) >= 11 is 1.13. The molecule has 30 heavy (non-hydrogen) atoms. The first-order chi connectivity index (χ1) is 14.5. The third-order valence-electron chi connectivity index (χ3n) is 3.72. The number of ether oxygens (including phenoxy) is 3. The molecule has 0 amide bonds. The predicted octanol–water partition coefficient (Wildman–Crippen LogP) is 1.47. The molecule has 4 N–H and O–H groups in total. The quantitative estimate of drug-likeness (QED) is 0.277. The number of benzene rings is 1. The van der Waals surface area contributed by atoms with Gasteiger partial charge in [0.25, 0.3) is 0 Å². The van der Waals surface area contributed by atoms with Crippen molar-refractivity contribution in [3.63, 3.8) is 0 Å². The lowest BCUT2D eigenvalue weighted by Crippen LogP contribution is -2.60. The smallest absolute Gasteiger partial charge is 0.337 e. The number of hydrogen-bond donors (Lipinski definition) is 4. The van der Waals surface area contributed by atoms with E-state index in [9.17, 15) is 20.1 Å². The third-order valence-corrected chi connectivity index (χ3v) is 4.36. The fourth-order valence-electron chi connectivity index (χ4n) is 2.33. The maximum atomic E-state index is 11.4. The molecular weight excluding hydrogens is 412 g/mol. The van der Waals surface area contributed by atoms with Gasteiger partial charge < -0.3 is 29.5 Å². The van der Waals surface area contributed by atoms with Crippen LogP contribution in [0.25, 0.3) is 0 Å². The summed E-state index contributed by atoms with van der Waals surface area (Å²) in [5.74, 6) is 0.0152. The number of methoxy groups -OCH3 is 1. The zero-order valence-corrected chi connectivity index (χ0v) is 18.8. The van der Waals surface area contributed by atoms with Crippen LogP contribution < -0.4 is 9.46 Å². The summed E-state index contributed by atoms with van der Waals surface area (Å²) in [6.07, 6.45) is -6.31. The average Bonchev–Trinajstić information content (AvgIpc) is 2.80. The maximum Gasteiger partial charge on any atom is 0.337 e. The van der Waals surface area contributed by atoms with Crippen molar-refractivity contribution in [2.24, 2.45) is 0 Å². The molecule has 1 aromatic carbocycles. The van der Waals surface area contributed by atoms with Crippen molar-refractivity contribution >= 4 is 17.9 Å². The van der Waals surface area contributed by atoms with Crippen LogP contribution in [0.2, 0.25) is 0 Å². The van der Waals surface area contributed by atoms with Crippen molar-refractivity contribution in [3.05, 3.63) is 29.8 Å². The van der Waals surface area contributed by atoms with E-state index in [-0.39, 0.29) is 12.3 Å². The molecular formula is C20H32N2O7S. The second-order valence-electron chi connectivity index (χ2n) is 5.44. The van der Waals surface area contributed by atoms with Gasteiger partial charge in [-0.1, -0.05) is 39.6 Å². The normalized spacial score (nSPS) is 24.8. The molecule has 0 aromatic heterocycles. The monoisotopic (exact) mass is 444 g/mol. The summed E-state index contributed by atoms with van der Waals surface area (Å²) in [4.78, 5) is 11.4. The van der Waals surface area contributed by atoms with Crippen LogP contribution in [0.1, 0.15) is 38.1 Å². The fraction of sp³-hybridized carbons (Fsp3) is 0.600. The Kier molecular flexibility index (Phi) is 14.9. The van der Waals surface area contributed by atoms with E-state index in [4.69, 9.17) is 14.7 Å². The Hall–Kier alpha value is -1.87. The molecule has 0 bridgehead atoms. The Labute approximate surface area is 182 Å². The van der Waals surface area contributed by atoms with E-state index in [1.54, 1.807) is 0 Å². The van der Waals surface area contributed by atoms with Crippen LogP contribution in [0.3, 0.4) is 0 Å². The van der Waals surface area contributed by atoms with Crippen molar-refractivity contribution in [2.45, 2.75) is 58.4 Å². The van der Waals surface area contributed by atoms with Gasteiger partial charge in [-0.15, -0.1) is 0 Å². The van der Waals surface area contributed by atoms with E-state index < -0.39 is 36.7 Å². The number of esters is 1. The van der Waals surface area contributed by atoms with E-state index in [0.717, 1.165) is 11.9 Å². The van der Waals surface area contributed by atoms with E-state index >= 15 is 0 Å². The molecule has 1 aliphatic rings. The fourth-order valence-corrected chi connectivity index (χ4v) is 2.78. The summed E-state index contributed by atoms with van der Waals surface area (Å²) in [7, 11) is 1.27. The lowest BCUT2D eigenvalue weighted by Gasteiger charge is -2.40. The van der Waals surface area contributed by atoms with Gasteiger partial charge in [0.05, 0.1) is 24.5 Å². The third kappa shape index (κ3) is 8.47. The number of nitriles is 1. The SMILES string of the molecule is CC.CC.COC(=O)c1ccc(O[C@H]2OC(CNSCC#N)[C@@H](O)C(O)C2O)cc1. The van der Waals surface area contributed by atoms with Gasteiger partial charge in [-0.2, -0.15) is 5.26 Å². The Bertz CT molecular complexity index is 639. The highest BCUT2D eigenvalue weighted by Gasteiger charge is 2.44. The van der Waals surface area contributed by atoms with E-state index in [1.165, 1.54) is 31.4 Å².